The van der Waals surface area contributed by atoms with E-state index < -0.39 is 7.12 Å². The van der Waals surface area contributed by atoms with Crippen LogP contribution in [-0.4, -0.2) is 18.8 Å². The van der Waals surface area contributed by atoms with E-state index in [0.717, 1.165) is 33.1 Å². The highest BCUT2D eigenvalue weighted by Gasteiger charge is 2.47. The minimum atomic E-state index is -0.547. The van der Waals surface area contributed by atoms with Gasteiger partial charge in [0.05, 0.1) is 11.7 Å². The molecule has 1 aliphatic rings. The number of hydrogen-bond acceptors (Lipinski definition) is 3. The third kappa shape index (κ3) is 2.90. The lowest BCUT2D eigenvalue weighted by Gasteiger charge is -2.21. The van der Waals surface area contributed by atoms with Crippen LogP contribution in [0, 0.1) is 0 Å². The highest BCUT2D eigenvalue weighted by Crippen LogP contribution is 2.38. The van der Waals surface area contributed by atoms with Crippen LogP contribution in [-0.2, 0) is 9.31 Å². The third-order valence-electron chi connectivity index (χ3n) is 6.57. The Morgan fingerprint density at radius 1 is 0.774 bits per heavy atom. The average Bonchev–Trinajstić information content (AvgIpc) is 3.27. The fourth-order valence-corrected chi connectivity index (χ4v) is 4.55. The van der Waals surface area contributed by atoms with Crippen molar-refractivity contribution in [3.8, 4) is 11.1 Å². The lowest BCUT2D eigenvalue weighted by molar-refractivity contribution is 0.0842. The highest BCUT2D eigenvalue weighted by atomic mass is 16.7. The van der Waals surface area contributed by atoms with Crippen LogP contribution in [0.15, 0.2) is 83.3 Å². The van der Waals surface area contributed by atoms with Gasteiger partial charge < -0.3 is 13.7 Å². The van der Waals surface area contributed by atoms with Gasteiger partial charge in [-0.25, -0.2) is 0 Å². The quantitative estimate of drug-likeness (QED) is 0.322. The van der Waals surface area contributed by atoms with E-state index in [4.69, 9.17) is 13.7 Å². The van der Waals surface area contributed by atoms with Crippen LogP contribution in [0.4, 0.5) is 0 Å². The zero-order chi connectivity index (χ0) is 21.2. The molecular weight excluding hydrogens is 383 g/mol. The molecule has 6 rings (SSSR count). The summed E-state index contributed by atoms with van der Waals surface area (Å²) in [6.07, 6.45) is -0.0369. The summed E-state index contributed by atoms with van der Waals surface area (Å²) in [5, 5.41) is 5.80. The molecule has 31 heavy (non-hydrogen) atoms. The van der Waals surface area contributed by atoms with Crippen LogP contribution in [0.3, 0.4) is 0 Å². The van der Waals surface area contributed by atoms with Gasteiger partial charge >= 0.3 is 7.12 Å². The normalized spacial score (nSPS) is 18.4. The van der Waals surface area contributed by atoms with Crippen molar-refractivity contribution in [3.63, 3.8) is 0 Å². The first kappa shape index (κ1) is 18.7. The van der Waals surface area contributed by atoms with E-state index in [9.17, 15) is 0 Å². The van der Waals surface area contributed by atoms with Crippen molar-refractivity contribution in [1.82, 2.24) is 0 Å². The molecule has 5 aromatic rings. The Bertz CT molecular complexity index is 1440. The molecule has 0 saturated carbocycles. The number of fused-ring (bicyclic) bond motifs is 3. The minimum Gasteiger partial charge on any atom is -0.464 e. The largest absolute Gasteiger partial charge is 0.533 e. The molecule has 1 saturated heterocycles. The second-order valence-electron chi connectivity index (χ2n) is 8.90. The summed E-state index contributed by atoms with van der Waals surface area (Å²) < 4.78 is 19.1. The Kier molecular flexibility index (Phi) is 4.04. The summed E-state index contributed by atoms with van der Waals surface area (Å²) >= 11 is 0. The summed E-state index contributed by atoms with van der Waals surface area (Å²) in [5.41, 5.74) is 3.38. The molecule has 1 aromatic heterocycles. The highest BCUT2D eigenvalue weighted by molar-refractivity contribution is 6.63. The monoisotopic (exact) mass is 406 g/mol. The van der Waals surface area contributed by atoms with Crippen LogP contribution in [0.25, 0.3) is 43.6 Å². The van der Waals surface area contributed by atoms with Crippen LogP contribution >= 0.6 is 0 Å². The maximum atomic E-state index is 6.49. The number of rotatable bonds is 2. The van der Waals surface area contributed by atoms with E-state index in [1.165, 1.54) is 16.2 Å². The summed E-state index contributed by atoms with van der Waals surface area (Å²) in [5.74, 6) is 0. The maximum absolute atomic E-state index is 6.49. The molecule has 4 aromatic carbocycles. The van der Waals surface area contributed by atoms with Gasteiger partial charge in [0.25, 0.3) is 0 Å². The van der Waals surface area contributed by atoms with Crippen molar-refractivity contribution in [3.05, 3.63) is 78.9 Å². The van der Waals surface area contributed by atoms with Crippen molar-refractivity contribution in [2.75, 3.05) is 0 Å². The molecule has 1 atom stereocenters. The van der Waals surface area contributed by atoms with E-state index in [0.29, 0.717) is 0 Å². The van der Waals surface area contributed by atoms with Crippen LogP contribution < -0.4 is 5.66 Å². The Morgan fingerprint density at radius 2 is 1.45 bits per heavy atom. The van der Waals surface area contributed by atoms with E-state index in [-0.39, 0.29) is 11.7 Å². The fraction of sp³-hybridized carbons (Fsp3) is 0.185. The second kappa shape index (κ2) is 6.71. The summed E-state index contributed by atoms with van der Waals surface area (Å²) in [4.78, 5) is 0. The molecule has 2 heterocycles. The summed E-state index contributed by atoms with van der Waals surface area (Å²) in [7, 11) is -0.547. The number of benzene rings is 4. The number of hydrogen-bond donors (Lipinski definition) is 0. The van der Waals surface area contributed by atoms with Crippen molar-refractivity contribution in [1.29, 1.82) is 0 Å². The predicted octanol–water partition coefficient (Wildman–Crippen LogP) is 6.32. The van der Waals surface area contributed by atoms with Crippen molar-refractivity contribution < 1.29 is 13.7 Å². The summed E-state index contributed by atoms with van der Waals surface area (Å²) in [6.45, 7) is 6.17. The first-order chi connectivity index (χ1) is 15.0. The molecular formula is C27H23BO3. The lowest BCUT2D eigenvalue weighted by atomic mass is 9.79. The van der Waals surface area contributed by atoms with Crippen LogP contribution in [0.1, 0.15) is 20.8 Å². The molecule has 0 bridgehead atoms. The zero-order valence-corrected chi connectivity index (χ0v) is 17.9. The van der Waals surface area contributed by atoms with Crippen LogP contribution in [0.5, 0.6) is 0 Å². The maximum Gasteiger partial charge on any atom is 0.533 e. The van der Waals surface area contributed by atoms with Gasteiger partial charge in [0.15, 0.2) is 0 Å². The SMILES string of the molecule is CC1OB(c2oc3cc4ccccc4cc3c2-c2cccc3ccccc23)OC1(C)C. The van der Waals surface area contributed by atoms with Crippen LogP contribution in [0.2, 0.25) is 0 Å². The molecule has 0 spiro atoms. The van der Waals surface area contributed by atoms with Gasteiger partial charge in [0.2, 0.25) is 0 Å². The van der Waals surface area contributed by atoms with Crippen molar-refractivity contribution >= 4 is 45.3 Å². The standard InChI is InChI=1S/C27H23BO3/c1-17-27(2,3)31-28(30-17)26-25(22-14-8-12-18-9-6-7-13-21(18)22)23-15-19-10-4-5-11-20(19)16-24(23)29-26/h4-17H,1-3H3. The Balaban J connectivity index is 1.68. The lowest BCUT2D eigenvalue weighted by Crippen LogP contribution is -2.35. The molecule has 0 radical (unpaired) electrons. The number of furan rings is 1. The van der Waals surface area contributed by atoms with Gasteiger partial charge in [-0.2, -0.15) is 0 Å². The van der Waals surface area contributed by atoms with E-state index in [1.54, 1.807) is 0 Å². The zero-order valence-electron chi connectivity index (χ0n) is 17.9. The molecule has 0 N–H and O–H groups in total. The second-order valence-corrected chi connectivity index (χ2v) is 8.90. The van der Waals surface area contributed by atoms with E-state index in [1.807, 2.05) is 0 Å². The molecule has 1 unspecified atom stereocenters. The van der Waals surface area contributed by atoms with Crippen molar-refractivity contribution in [2.45, 2.75) is 32.5 Å². The van der Waals surface area contributed by atoms with E-state index >= 15 is 0 Å². The van der Waals surface area contributed by atoms with E-state index in [2.05, 4.69) is 99.6 Å². The molecule has 0 amide bonds. The third-order valence-corrected chi connectivity index (χ3v) is 6.57. The van der Waals surface area contributed by atoms with Gasteiger partial charge in [-0.05, 0) is 60.0 Å². The fourth-order valence-electron chi connectivity index (χ4n) is 4.55. The first-order valence-electron chi connectivity index (χ1n) is 10.8. The Labute approximate surface area is 181 Å². The summed E-state index contributed by atoms with van der Waals surface area (Å²) in [6, 6.07) is 27.6. The van der Waals surface area contributed by atoms with Gasteiger partial charge in [0, 0.05) is 10.9 Å². The topological polar surface area (TPSA) is 31.6 Å². The van der Waals surface area contributed by atoms with Crippen molar-refractivity contribution in [2.24, 2.45) is 0 Å². The molecule has 3 nitrogen and oxygen atoms in total. The predicted molar refractivity (Wildman–Crippen MR) is 128 cm³/mol. The molecule has 4 heteroatoms. The molecule has 1 fully saturated rings. The Hall–Kier alpha value is -3.08. The molecule has 1 aliphatic heterocycles. The Morgan fingerprint density at radius 3 is 2.19 bits per heavy atom. The van der Waals surface area contributed by atoms with Gasteiger partial charge in [0.1, 0.15) is 11.2 Å². The molecule has 152 valence electrons. The first-order valence-corrected chi connectivity index (χ1v) is 10.8. The smallest absolute Gasteiger partial charge is 0.464 e. The average molecular weight is 406 g/mol. The minimum absolute atomic E-state index is 0.0369. The van der Waals surface area contributed by atoms with Gasteiger partial charge in [-0.15, -0.1) is 0 Å². The molecule has 0 aliphatic carbocycles. The van der Waals surface area contributed by atoms with Gasteiger partial charge in [-0.3, -0.25) is 0 Å². The van der Waals surface area contributed by atoms with Gasteiger partial charge in [-0.1, -0.05) is 66.7 Å².